The number of hydrogen-bond acceptors (Lipinski definition) is 7. The molecule has 1 N–H and O–H groups in total. The molecule has 0 bridgehead atoms. The molecule has 0 spiro atoms. The van der Waals surface area contributed by atoms with E-state index in [0.29, 0.717) is 17.4 Å². The van der Waals surface area contributed by atoms with Gasteiger partial charge in [-0.2, -0.15) is 0 Å². The van der Waals surface area contributed by atoms with Crippen molar-refractivity contribution in [3.63, 3.8) is 0 Å². The van der Waals surface area contributed by atoms with Crippen molar-refractivity contribution in [2.75, 3.05) is 47.5 Å². The van der Waals surface area contributed by atoms with E-state index in [-0.39, 0.29) is 25.6 Å². The highest BCUT2D eigenvalue weighted by atomic mass is 31.2. The lowest BCUT2D eigenvalue weighted by atomic mass is 10.0. The summed E-state index contributed by atoms with van der Waals surface area (Å²) >= 11 is 0. The maximum Gasteiger partial charge on any atom is 0.472 e. The molecule has 412 valence electrons. The predicted molar refractivity (Wildman–Crippen MR) is 294 cm³/mol. The van der Waals surface area contributed by atoms with Gasteiger partial charge in [0, 0.05) is 12.8 Å². The number of phosphoric ester groups is 1. The summed E-state index contributed by atoms with van der Waals surface area (Å²) in [5.74, 6) is -0.771. The van der Waals surface area contributed by atoms with Crippen molar-refractivity contribution in [2.24, 2.45) is 0 Å². The third-order valence-corrected chi connectivity index (χ3v) is 14.9. The lowest BCUT2D eigenvalue weighted by molar-refractivity contribution is -0.870. The van der Waals surface area contributed by atoms with Gasteiger partial charge in [-0.3, -0.25) is 18.6 Å². The van der Waals surface area contributed by atoms with Crippen molar-refractivity contribution in [1.29, 1.82) is 0 Å². The Labute approximate surface area is 429 Å². The first kappa shape index (κ1) is 68.0. The summed E-state index contributed by atoms with van der Waals surface area (Å²) in [6.45, 7) is 4.52. The second-order valence-electron chi connectivity index (χ2n) is 22.1. The number of phosphoric acid groups is 1. The molecule has 0 amide bonds. The van der Waals surface area contributed by atoms with Crippen LogP contribution in [0.2, 0.25) is 0 Å². The van der Waals surface area contributed by atoms with Crippen LogP contribution in [0.1, 0.15) is 316 Å². The fraction of sp³-hybridized carbons (Fsp3) is 0.966. The highest BCUT2D eigenvalue weighted by Gasteiger charge is 2.27. The van der Waals surface area contributed by atoms with Gasteiger partial charge >= 0.3 is 19.8 Å². The predicted octanol–water partition coefficient (Wildman–Crippen LogP) is 18.7. The number of unbranched alkanes of at least 4 members (excludes halogenated alkanes) is 43. The standard InChI is InChI=1S/C59H118NO8P/c1-6-8-10-12-14-16-18-20-22-24-26-28-30-32-34-36-38-40-42-44-46-48-50-52-59(62)68-57(56-67-69(63,64)66-54-53-60(3,4)5)55-65-58(61)51-49-47-45-43-41-39-37-35-33-31-29-27-25-23-21-19-17-15-13-11-9-7-2/h57H,6-56H2,1-5H3/p+1/t57-/m1/s1. The van der Waals surface area contributed by atoms with Crippen LogP contribution in [0.15, 0.2) is 0 Å². The number of nitrogens with zero attached hydrogens (tertiary/aromatic N) is 1. The number of esters is 2. The van der Waals surface area contributed by atoms with Crippen LogP contribution in [-0.2, 0) is 32.7 Å². The molecule has 0 aliphatic carbocycles. The SMILES string of the molecule is CCCCCCCCCCCCCCCCCCCCCCCCCC(=O)O[C@H](COC(=O)CCCCCCCCCCCCCCCCCCCCCCCC)COP(=O)(O)OCC[N+](C)(C)C. The molecule has 0 aliphatic heterocycles. The Kier molecular flexibility index (Phi) is 51.1. The minimum Gasteiger partial charge on any atom is -0.462 e. The molecule has 0 heterocycles. The fourth-order valence-corrected chi connectivity index (χ4v) is 9.94. The van der Waals surface area contributed by atoms with Crippen molar-refractivity contribution >= 4 is 19.8 Å². The Morgan fingerprint density at radius 2 is 0.652 bits per heavy atom. The van der Waals surface area contributed by atoms with Crippen LogP contribution >= 0.6 is 7.82 Å². The Hall–Kier alpha value is -0.990. The van der Waals surface area contributed by atoms with E-state index in [1.54, 1.807) is 0 Å². The van der Waals surface area contributed by atoms with Crippen LogP contribution in [0, 0.1) is 0 Å². The molecular weight excluding hydrogens is 882 g/mol. The number of rotatable bonds is 57. The summed E-state index contributed by atoms with van der Waals surface area (Å²) in [6.07, 6.45) is 58.9. The molecule has 9 nitrogen and oxygen atoms in total. The molecule has 0 aromatic carbocycles. The van der Waals surface area contributed by atoms with Crippen LogP contribution in [-0.4, -0.2) is 74.9 Å². The van der Waals surface area contributed by atoms with Gasteiger partial charge in [-0.15, -0.1) is 0 Å². The number of ether oxygens (including phenoxy) is 2. The largest absolute Gasteiger partial charge is 0.472 e. The molecule has 10 heteroatoms. The van der Waals surface area contributed by atoms with E-state index in [9.17, 15) is 19.0 Å². The van der Waals surface area contributed by atoms with Crippen molar-refractivity contribution in [3.8, 4) is 0 Å². The number of likely N-dealkylation sites (N-methyl/N-ethyl adjacent to an activating group) is 1. The topological polar surface area (TPSA) is 108 Å². The first-order valence-corrected chi connectivity index (χ1v) is 31.8. The Morgan fingerprint density at radius 1 is 0.391 bits per heavy atom. The zero-order valence-corrected chi connectivity index (χ0v) is 47.7. The molecule has 0 fully saturated rings. The Morgan fingerprint density at radius 3 is 0.928 bits per heavy atom. The van der Waals surface area contributed by atoms with Gasteiger partial charge in [0.1, 0.15) is 19.8 Å². The van der Waals surface area contributed by atoms with E-state index >= 15 is 0 Å². The van der Waals surface area contributed by atoms with Crippen LogP contribution in [0.3, 0.4) is 0 Å². The Bertz CT molecular complexity index is 1130. The smallest absolute Gasteiger partial charge is 0.462 e. The summed E-state index contributed by atoms with van der Waals surface area (Å²) < 4.78 is 34.6. The van der Waals surface area contributed by atoms with E-state index in [1.807, 2.05) is 21.1 Å². The molecule has 0 aliphatic rings. The van der Waals surface area contributed by atoms with Crippen molar-refractivity contribution in [3.05, 3.63) is 0 Å². The number of quaternary nitrogens is 1. The average Bonchev–Trinajstić information content (AvgIpc) is 3.31. The van der Waals surface area contributed by atoms with Gasteiger partial charge in [-0.1, -0.05) is 290 Å². The van der Waals surface area contributed by atoms with Gasteiger partial charge in [0.2, 0.25) is 0 Å². The summed E-state index contributed by atoms with van der Waals surface area (Å²) in [4.78, 5) is 35.7. The van der Waals surface area contributed by atoms with E-state index in [2.05, 4.69) is 13.8 Å². The summed E-state index contributed by atoms with van der Waals surface area (Å²) in [5, 5.41) is 0. The van der Waals surface area contributed by atoms with E-state index in [1.165, 1.54) is 250 Å². The zero-order valence-electron chi connectivity index (χ0n) is 46.8. The van der Waals surface area contributed by atoms with Gasteiger partial charge in [-0.25, -0.2) is 4.57 Å². The number of carbonyl (C=O) groups is 2. The molecule has 1 unspecified atom stereocenters. The molecule has 2 atom stereocenters. The summed E-state index contributed by atoms with van der Waals surface area (Å²) in [6, 6.07) is 0. The maximum absolute atomic E-state index is 12.8. The molecule has 0 saturated carbocycles. The van der Waals surface area contributed by atoms with Crippen LogP contribution in [0.25, 0.3) is 0 Å². The van der Waals surface area contributed by atoms with Crippen molar-refractivity contribution in [2.45, 2.75) is 322 Å². The minimum absolute atomic E-state index is 0.0375. The van der Waals surface area contributed by atoms with E-state index in [0.717, 1.165) is 38.5 Å². The van der Waals surface area contributed by atoms with Crippen molar-refractivity contribution < 1.29 is 42.1 Å². The molecule has 69 heavy (non-hydrogen) atoms. The maximum atomic E-state index is 12.8. The lowest BCUT2D eigenvalue weighted by Crippen LogP contribution is -2.37. The molecule has 0 aromatic heterocycles. The highest BCUT2D eigenvalue weighted by molar-refractivity contribution is 7.47. The molecule has 0 saturated heterocycles. The van der Waals surface area contributed by atoms with Gasteiger partial charge in [-0.05, 0) is 12.8 Å². The quantitative estimate of drug-likeness (QED) is 0.0278. The van der Waals surface area contributed by atoms with Gasteiger partial charge in [0.15, 0.2) is 6.10 Å². The third kappa shape index (κ3) is 56.2. The van der Waals surface area contributed by atoms with Gasteiger partial charge in [0.05, 0.1) is 27.7 Å². The zero-order chi connectivity index (χ0) is 50.6. The molecular formula is C59H119NO8P+. The monoisotopic (exact) mass is 1000 g/mol. The average molecular weight is 1000 g/mol. The Balaban J connectivity index is 4.08. The number of hydrogen-bond donors (Lipinski definition) is 1. The normalized spacial score (nSPS) is 13.2. The summed E-state index contributed by atoms with van der Waals surface area (Å²) in [5.41, 5.74) is 0. The fourth-order valence-electron chi connectivity index (χ4n) is 9.20. The van der Waals surface area contributed by atoms with E-state index < -0.39 is 26.5 Å². The first-order chi connectivity index (χ1) is 33.5. The van der Waals surface area contributed by atoms with Crippen LogP contribution in [0.4, 0.5) is 0 Å². The van der Waals surface area contributed by atoms with E-state index in [4.69, 9.17) is 18.5 Å². The molecule has 0 aromatic rings. The highest BCUT2D eigenvalue weighted by Crippen LogP contribution is 2.43. The van der Waals surface area contributed by atoms with Crippen molar-refractivity contribution in [1.82, 2.24) is 0 Å². The number of carbonyl (C=O) groups excluding carboxylic acids is 2. The van der Waals surface area contributed by atoms with Gasteiger partial charge in [0.25, 0.3) is 0 Å². The lowest BCUT2D eigenvalue weighted by Gasteiger charge is -2.24. The van der Waals surface area contributed by atoms with Crippen LogP contribution < -0.4 is 0 Å². The second kappa shape index (κ2) is 51.9. The summed E-state index contributed by atoms with van der Waals surface area (Å²) in [7, 11) is 1.50. The first-order valence-electron chi connectivity index (χ1n) is 30.3. The second-order valence-corrected chi connectivity index (χ2v) is 23.6. The molecule has 0 rings (SSSR count). The van der Waals surface area contributed by atoms with Gasteiger partial charge < -0.3 is 18.9 Å². The third-order valence-electron chi connectivity index (χ3n) is 13.9. The minimum atomic E-state index is -4.38. The van der Waals surface area contributed by atoms with Crippen LogP contribution in [0.5, 0.6) is 0 Å². The molecule has 0 radical (unpaired) electrons.